The third-order valence-corrected chi connectivity index (χ3v) is 5.03. The van der Waals surface area contributed by atoms with E-state index in [0.717, 1.165) is 32.5 Å². The molecule has 1 aliphatic rings. The fraction of sp³-hybridized carbons (Fsp3) is 0.368. The number of halogens is 4. The first-order chi connectivity index (χ1) is 12.6. The van der Waals surface area contributed by atoms with Crippen molar-refractivity contribution >= 4 is 53.9 Å². The minimum atomic E-state index is -0.0684. The zero-order valence-electron chi connectivity index (χ0n) is 15.4. The molecule has 1 aromatic carbocycles. The quantitative estimate of drug-likeness (QED) is 0.666. The highest BCUT2D eigenvalue weighted by molar-refractivity contribution is 6.35. The molecule has 2 heterocycles. The summed E-state index contributed by atoms with van der Waals surface area (Å²) < 4.78 is 5.81. The number of nitrogens with zero attached hydrogens (tertiary/aromatic N) is 2. The van der Waals surface area contributed by atoms with Gasteiger partial charge in [0.2, 0.25) is 5.88 Å². The molecule has 0 aliphatic carbocycles. The van der Waals surface area contributed by atoms with Gasteiger partial charge < -0.3 is 15.0 Å². The summed E-state index contributed by atoms with van der Waals surface area (Å²) in [6, 6.07) is 8.40. The number of nitrogens with one attached hydrogen (secondary N) is 1. The van der Waals surface area contributed by atoms with Crippen LogP contribution >= 0.6 is 48.0 Å². The number of ether oxygens (including phenoxy) is 1. The fourth-order valence-corrected chi connectivity index (χ4v) is 3.54. The van der Waals surface area contributed by atoms with Gasteiger partial charge >= 0.3 is 0 Å². The van der Waals surface area contributed by atoms with Crippen molar-refractivity contribution in [2.45, 2.75) is 12.8 Å². The Morgan fingerprint density at radius 1 is 1.25 bits per heavy atom. The van der Waals surface area contributed by atoms with Crippen LogP contribution in [-0.2, 0) is 0 Å². The second-order valence-electron chi connectivity index (χ2n) is 6.33. The minimum Gasteiger partial charge on any atom is -0.437 e. The lowest BCUT2D eigenvalue weighted by molar-refractivity contribution is 0.0687. The van der Waals surface area contributed by atoms with Crippen molar-refractivity contribution in [3.63, 3.8) is 0 Å². The number of pyridine rings is 1. The van der Waals surface area contributed by atoms with Crippen LogP contribution in [0.4, 0.5) is 0 Å². The average Bonchev–Trinajstić information content (AvgIpc) is 2.65. The van der Waals surface area contributed by atoms with Gasteiger partial charge in [-0.05, 0) is 62.7 Å². The summed E-state index contributed by atoms with van der Waals surface area (Å²) in [6.07, 6.45) is 3.58. The van der Waals surface area contributed by atoms with Gasteiger partial charge in [0.05, 0.1) is 5.02 Å². The van der Waals surface area contributed by atoms with Gasteiger partial charge in [-0.2, -0.15) is 0 Å². The predicted octanol–water partition coefficient (Wildman–Crippen LogP) is 5.10. The molecule has 5 nitrogen and oxygen atoms in total. The molecule has 154 valence electrons. The maximum absolute atomic E-state index is 13.0. The second kappa shape index (κ2) is 11.7. The highest BCUT2D eigenvalue weighted by Gasteiger charge is 2.26. The van der Waals surface area contributed by atoms with E-state index in [2.05, 4.69) is 10.3 Å². The Kier molecular flexibility index (Phi) is 10.4. The van der Waals surface area contributed by atoms with Gasteiger partial charge in [-0.1, -0.05) is 23.2 Å². The summed E-state index contributed by atoms with van der Waals surface area (Å²) in [6.45, 7) is 2.46. The first kappa shape index (κ1) is 24.8. The minimum absolute atomic E-state index is 0. The lowest BCUT2D eigenvalue weighted by Crippen LogP contribution is -2.40. The Morgan fingerprint density at radius 2 is 1.96 bits per heavy atom. The standard InChI is InChI=1S/C19H21Cl2N3O2.2ClH/c1-22-12-13-6-9-24(10-7-13)19(25)15-3-2-8-23-18(15)26-17-5-4-14(20)11-16(17)21;;/h2-5,8,11,13,22H,6-7,9-10,12H2,1H3;2*1H. The van der Waals surface area contributed by atoms with Crippen molar-refractivity contribution in [1.82, 2.24) is 15.2 Å². The number of piperidine rings is 1. The fourth-order valence-electron chi connectivity index (χ4n) is 3.10. The third kappa shape index (κ3) is 6.13. The Hall–Kier alpha value is -1.24. The van der Waals surface area contributed by atoms with Crippen molar-refractivity contribution in [3.8, 4) is 11.6 Å². The molecule has 1 saturated heterocycles. The summed E-state index contributed by atoms with van der Waals surface area (Å²) in [5, 5.41) is 4.09. The number of amides is 1. The largest absolute Gasteiger partial charge is 0.437 e. The van der Waals surface area contributed by atoms with Crippen LogP contribution in [0.15, 0.2) is 36.5 Å². The number of hydrogen-bond acceptors (Lipinski definition) is 4. The number of likely N-dealkylation sites (tertiary alicyclic amines) is 1. The number of aromatic nitrogens is 1. The number of rotatable bonds is 5. The van der Waals surface area contributed by atoms with E-state index in [4.69, 9.17) is 27.9 Å². The molecule has 1 amide bonds. The summed E-state index contributed by atoms with van der Waals surface area (Å²) in [5.74, 6) is 1.21. The molecule has 0 bridgehead atoms. The molecule has 28 heavy (non-hydrogen) atoms. The highest BCUT2D eigenvalue weighted by Crippen LogP contribution is 2.32. The van der Waals surface area contributed by atoms with Gasteiger partial charge in [-0.25, -0.2) is 4.98 Å². The SMILES string of the molecule is CNCC1CCN(C(=O)c2cccnc2Oc2ccc(Cl)cc2Cl)CC1.Cl.Cl. The van der Waals surface area contributed by atoms with Gasteiger partial charge in [0, 0.05) is 24.3 Å². The van der Waals surface area contributed by atoms with E-state index in [0.29, 0.717) is 27.3 Å². The van der Waals surface area contributed by atoms with E-state index in [9.17, 15) is 4.79 Å². The Bertz CT molecular complexity index is 784. The predicted molar refractivity (Wildman–Crippen MR) is 118 cm³/mol. The van der Waals surface area contributed by atoms with Crippen LogP contribution in [0.3, 0.4) is 0 Å². The molecular formula is C19H23Cl4N3O2. The molecule has 0 unspecified atom stereocenters. The van der Waals surface area contributed by atoms with Gasteiger partial charge in [0.1, 0.15) is 11.3 Å². The molecule has 0 atom stereocenters. The molecule has 1 N–H and O–H groups in total. The van der Waals surface area contributed by atoms with Gasteiger partial charge in [0.15, 0.2) is 0 Å². The zero-order chi connectivity index (χ0) is 18.5. The third-order valence-electron chi connectivity index (χ3n) is 4.50. The Morgan fingerprint density at radius 3 is 2.61 bits per heavy atom. The maximum atomic E-state index is 13.0. The van der Waals surface area contributed by atoms with E-state index in [1.165, 1.54) is 0 Å². The van der Waals surface area contributed by atoms with Crippen molar-refractivity contribution in [2.24, 2.45) is 5.92 Å². The molecule has 1 fully saturated rings. The van der Waals surface area contributed by atoms with Crippen molar-refractivity contribution in [2.75, 3.05) is 26.7 Å². The molecule has 2 aromatic rings. The van der Waals surface area contributed by atoms with Crippen molar-refractivity contribution in [1.29, 1.82) is 0 Å². The summed E-state index contributed by atoms with van der Waals surface area (Å²) in [5.41, 5.74) is 0.436. The first-order valence-corrected chi connectivity index (χ1v) is 9.36. The van der Waals surface area contributed by atoms with Gasteiger partial charge in [-0.3, -0.25) is 4.79 Å². The molecule has 0 radical (unpaired) electrons. The smallest absolute Gasteiger partial charge is 0.259 e. The van der Waals surface area contributed by atoms with Gasteiger partial charge in [0.25, 0.3) is 5.91 Å². The molecule has 9 heteroatoms. The van der Waals surface area contributed by atoms with Crippen LogP contribution < -0.4 is 10.1 Å². The number of hydrogen-bond donors (Lipinski definition) is 1. The summed E-state index contributed by atoms with van der Waals surface area (Å²) in [7, 11) is 1.96. The number of carbonyl (C=O) groups excluding carboxylic acids is 1. The van der Waals surface area contributed by atoms with E-state index in [-0.39, 0.29) is 36.6 Å². The zero-order valence-corrected chi connectivity index (χ0v) is 18.5. The summed E-state index contributed by atoms with van der Waals surface area (Å²) >= 11 is 12.1. The Labute approximate surface area is 187 Å². The van der Waals surface area contributed by atoms with Crippen LogP contribution in [0.5, 0.6) is 11.6 Å². The molecule has 1 aliphatic heterocycles. The normalized spacial score (nSPS) is 14.0. The Balaban J connectivity index is 0.00000196. The van der Waals surface area contributed by atoms with Crippen LogP contribution in [-0.4, -0.2) is 42.5 Å². The number of carbonyl (C=O) groups is 1. The van der Waals surface area contributed by atoms with E-state index < -0.39 is 0 Å². The van der Waals surface area contributed by atoms with Crippen LogP contribution in [0.25, 0.3) is 0 Å². The first-order valence-electron chi connectivity index (χ1n) is 8.60. The maximum Gasteiger partial charge on any atom is 0.259 e. The van der Waals surface area contributed by atoms with Crippen molar-refractivity contribution < 1.29 is 9.53 Å². The molecule has 0 spiro atoms. The van der Waals surface area contributed by atoms with Crippen LogP contribution in [0.2, 0.25) is 10.0 Å². The molecular weight excluding hydrogens is 444 g/mol. The lowest BCUT2D eigenvalue weighted by atomic mass is 9.96. The van der Waals surface area contributed by atoms with Crippen molar-refractivity contribution in [3.05, 3.63) is 52.1 Å². The average molecular weight is 467 g/mol. The number of benzene rings is 1. The van der Waals surface area contributed by atoms with Crippen LogP contribution in [0, 0.1) is 5.92 Å². The van der Waals surface area contributed by atoms with E-state index >= 15 is 0 Å². The van der Waals surface area contributed by atoms with E-state index in [1.54, 1.807) is 36.5 Å². The van der Waals surface area contributed by atoms with Gasteiger partial charge in [-0.15, -0.1) is 24.8 Å². The molecule has 3 rings (SSSR count). The van der Waals surface area contributed by atoms with E-state index in [1.807, 2.05) is 11.9 Å². The second-order valence-corrected chi connectivity index (χ2v) is 7.17. The monoisotopic (exact) mass is 465 g/mol. The molecule has 1 aromatic heterocycles. The topological polar surface area (TPSA) is 54.5 Å². The summed E-state index contributed by atoms with van der Waals surface area (Å²) in [4.78, 5) is 19.0. The highest BCUT2D eigenvalue weighted by atomic mass is 35.5. The molecule has 0 saturated carbocycles. The van der Waals surface area contributed by atoms with Crippen LogP contribution in [0.1, 0.15) is 23.2 Å². The lowest BCUT2D eigenvalue weighted by Gasteiger charge is -2.32.